The van der Waals surface area contributed by atoms with Crippen LogP contribution in [0.1, 0.15) is 37.8 Å². The van der Waals surface area contributed by atoms with Crippen molar-refractivity contribution in [3.63, 3.8) is 0 Å². The Balaban J connectivity index is 0.00000529. The van der Waals surface area contributed by atoms with Crippen molar-refractivity contribution in [1.82, 2.24) is 5.32 Å². The molecule has 3 N–H and O–H groups in total. The molecule has 1 amide bonds. The van der Waals surface area contributed by atoms with Crippen LogP contribution in [0.2, 0.25) is 0 Å². The summed E-state index contributed by atoms with van der Waals surface area (Å²) < 4.78 is 40.7. The molecule has 138 valence electrons. The van der Waals surface area contributed by atoms with Crippen LogP contribution in [-0.4, -0.2) is 24.2 Å². The fourth-order valence-corrected chi connectivity index (χ4v) is 2.13. The molecule has 0 heterocycles. The van der Waals surface area contributed by atoms with E-state index in [1.807, 2.05) is 6.92 Å². The Labute approximate surface area is 146 Å². The Morgan fingerprint density at radius 3 is 2.50 bits per heavy atom. The fraction of sp³-hybridized carbons (Fsp3) is 0.562. The Morgan fingerprint density at radius 1 is 1.29 bits per heavy atom. The highest BCUT2D eigenvalue weighted by molar-refractivity contribution is 5.85. The van der Waals surface area contributed by atoms with Crippen LogP contribution in [0.25, 0.3) is 0 Å². The first-order valence-corrected chi connectivity index (χ1v) is 7.43. The lowest BCUT2D eigenvalue weighted by atomic mass is 9.96. The number of carbonyl (C=O) groups is 1. The molecule has 1 unspecified atom stereocenters. The molecule has 1 rings (SSSR count). The lowest BCUT2D eigenvalue weighted by Crippen LogP contribution is -2.51. The number of hydrogen-bond acceptors (Lipinski definition) is 3. The van der Waals surface area contributed by atoms with Gasteiger partial charge in [-0.1, -0.05) is 37.6 Å². The van der Waals surface area contributed by atoms with Crippen molar-refractivity contribution in [3.8, 4) is 0 Å². The van der Waals surface area contributed by atoms with Gasteiger partial charge in [-0.05, 0) is 24.5 Å². The quantitative estimate of drug-likeness (QED) is 0.739. The number of alkyl halides is 3. The predicted molar refractivity (Wildman–Crippen MR) is 88.7 cm³/mol. The van der Waals surface area contributed by atoms with E-state index < -0.39 is 18.3 Å². The third kappa shape index (κ3) is 8.52. The van der Waals surface area contributed by atoms with Crippen molar-refractivity contribution >= 4 is 18.3 Å². The molecule has 1 aromatic rings. The first-order valence-electron chi connectivity index (χ1n) is 7.43. The van der Waals surface area contributed by atoms with Crippen LogP contribution in [0.15, 0.2) is 24.3 Å². The average molecular weight is 369 g/mol. The monoisotopic (exact) mass is 368 g/mol. The van der Waals surface area contributed by atoms with Crippen molar-refractivity contribution in [1.29, 1.82) is 0 Å². The second kappa shape index (κ2) is 9.86. The van der Waals surface area contributed by atoms with Gasteiger partial charge in [0.25, 0.3) is 0 Å². The van der Waals surface area contributed by atoms with Crippen molar-refractivity contribution in [3.05, 3.63) is 35.4 Å². The zero-order valence-electron chi connectivity index (χ0n) is 13.8. The molecule has 0 aliphatic carbocycles. The van der Waals surface area contributed by atoms with Gasteiger partial charge in [-0.15, -0.1) is 12.4 Å². The molecule has 0 aliphatic heterocycles. The van der Waals surface area contributed by atoms with Gasteiger partial charge in [0.15, 0.2) is 0 Å². The Bertz CT molecular complexity index is 522. The molecule has 0 aliphatic rings. The number of halogens is 4. The molecule has 0 saturated heterocycles. The van der Waals surface area contributed by atoms with Gasteiger partial charge in [-0.25, -0.2) is 0 Å². The van der Waals surface area contributed by atoms with Crippen LogP contribution in [0.3, 0.4) is 0 Å². The van der Waals surface area contributed by atoms with E-state index in [0.29, 0.717) is 12.0 Å². The number of hydrogen-bond donors (Lipinski definition) is 2. The van der Waals surface area contributed by atoms with Crippen LogP contribution in [0.5, 0.6) is 0 Å². The molecule has 1 aromatic carbocycles. The molecule has 0 fully saturated rings. The van der Waals surface area contributed by atoms with Gasteiger partial charge in [0, 0.05) is 6.54 Å². The van der Waals surface area contributed by atoms with Gasteiger partial charge in [0.2, 0.25) is 5.91 Å². The van der Waals surface area contributed by atoms with Crippen molar-refractivity contribution < 1.29 is 22.7 Å². The van der Waals surface area contributed by atoms with E-state index in [2.05, 4.69) is 10.1 Å². The molecule has 0 spiro atoms. The normalized spacial score (nSPS) is 13.8. The van der Waals surface area contributed by atoms with Crippen molar-refractivity contribution in [2.24, 2.45) is 5.73 Å². The maximum Gasteiger partial charge on any atom is 0.411 e. The summed E-state index contributed by atoms with van der Waals surface area (Å²) in [5, 5.41) is 2.75. The molecular formula is C16H24ClF3N2O2. The minimum Gasteiger partial charge on any atom is -0.367 e. The summed E-state index contributed by atoms with van der Waals surface area (Å²) in [6.45, 7) is 2.47. The zero-order valence-corrected chi connectivity index (χ0v) is 14.6. The van der Waals surface area contributed by atoms with E-state index in [-0.39, 0.29) is 31.5 Å². The van der Waals surface area contributed by atoms with E-state index in [1.54, 1.807) is 31.2 Å². The van der Waals surface area contributed by atoms with Crippen LogP contribution < -0.4 is 11.1 Å². The number of carbonyl (C=O) groups excluding carboxylic acids is 1. The summed E-state index contributed by atoms with van der Waals surface area (Å²) in [7, 11) is 0. The summed E-state index contributed by atoms with van der Waals surface area (Å²) >= 11 is 0. The highest BCUT2D eigenvalue weighted by Gasteiger charge is 2.27. The standard InChI is InChI=1S/C16H23F3N2O2.ClH/c1-3-7-15(2,20)14(22)21-9-12-5-4-6-13(8-12)10-23-11-16(17,18)19;/h4-6,8H,3,7,9-11,20H2,1-2H3,(H,21,22);1H. The number of nitrogens with two attached hydrogens (primary N) is 1. The molecule has 0 saturated carbocycles. The van der Waals surface area contributed by atoms with E-state index in [0.717, 1.165) is 12.0 Å². The molecule has 8 heteroatoms. The number of rotatable bonds is 8. The summed E-state index contributed by atoms with van der Waals surface area (Å²) in [5.41, 5.74) is 6.40. The first kappa shape index (κ1) is 22.7. The van der Waals surface area contributed by atoms with Gasteiger partial charge < -0.3 is 15.8 Å². The second-order valence-electron chi connectivity index (χ2n) is 5.78. The van der Waals surface area contributed by atoms with Crippen LogP contribution >= 0.6 is 12.4 Å². The number of amides is 1. The number of benzene rings is 1. The lowest BCUT2D eigenvalue weighted by molar-refractivity contribution is -0.176. The summed E-state index contributed by atoms with van der Waals surface area (Å²) in [6, 6.07) is 6.86. The maximum absolute atomic E-state index is 12.0. The third-order valence-corrected chi connectivity index (χ3v) is 3.27. The minimum atomic E-state index is -4.34. The van der Waals surface area contributed by atoms with Gasteiger partial charge in [0.1, 0.15) is 6.61 Å². The molecule has 0 aromatic heterocycles. The summed E-state index contributed by atoms with van der Waals surface area (Å²) in [4.78, 5) is 12.0. The maximum atomic E-state index is 12.0. The van der Waals surface area contributed by atoms with E-state index >= 15 is 0 Å². The number of nitrogens with one attached hydrogen (secondary N) is 1. The van der Waals surface area contributed by atoms with Crippen LogP contribution in [0.4, 0.5) is 13.2 Å². The van der Waals surface area contributed by atoms with Crippen molar-refractivity contribution in [2.75, 3.05) is 6.61 Å². The van der Waals surface area contributed by atoms with E-state index in [1.165, 1.54) is 0 Å². The van der Waals surface area contributed by atoms with Gasteiger partial charge in [0.05, 0.1) is 12.1 Å². The molecule has 0 radical (unpaired) electrons. The molecule has 0 bridgehead atoms. The molecular weight excluding hydrogens is 345 g/mol. The Morgan fingerprint density at radius 2 is 1.92 bits per heavy atom. The smallest absolute Gasteiger partial charge is 0.367 e. The molecule has 1 atom stereocenters. The minimum absolute atomic E-state index is 0. The van der Waals surface area contributed by atoms with E-state index in [9.17, 15) is 18.0 Å². The summed E-state index contributed by atoms with van der Waals surface area (Å²) in [5.74, 6) is -0.252. The van der Waals surface area contributed by atoms with Gasteiger partial charge in [-0.3, -0.25) is 4.79 Å². The highest BCUT2D eigenvalue weighted by atomic mass is 35.5. The van der Waals surface area contributed by atoms with Crippen LogP contribution in [-0.2, 0) is 22.7 Å². The second-order valence-corrected chi connectivity index (χ2v) is 5.78. The molecule has 24 heavy (non-hydrogen) atoms. The number of ether oxygens (including phenoxy) is 1. The lowest BCUT2D eigenvalue weighted by Gasteiger charge is -2.22. The van der Waals surface area contributed by atoms with Gasteiger partial charge in [-0.2, -0.15) is 13.2 Å². The summed E-state index contributed by atoms with van der Waals surface area (Å²) in [6.07, 6.45) is -2.97. The Kier molecular flexibility index (Phi) is 9.32. The average Bonchev–Trinajstić information content (AvgIpc) is 2.43. The first-order chi connectivity index (χ1) is 10.6. The zero-order chi connectivity index (χ0) is 17.5. The predicted octanol–water partition coefficient (Wildman–Crippen LogP) is 3.32. The Hall–Kier alpha value is -1.31. The fourth-order valence-electron chi connectivity index (χ4n) is 2.13. The third-order valence-electron chi connectivity index (χ3n) is 3.27. The van der Waals surface area contributed by atoms with Gasteiger partial charge >= 0.3 is 6.18 Å². The molecule has 4 nitrogen and oxygen atoms in total. The largest absolute Gasteiger partial charge is 0.411 e. The SMILES string of the molecule is CCCC(C)(N)C(=O)NCc1cccc(COCC(F)(F)F)c1.Cl. The highest BCUT2D eigenvalue weighted by Crippen LogP contribution is 2.16. The van der Waals surface area contributed by atoms with E-state index in [4.69, 9.17) is 5.73 Å². The van der Waals surface area contributed by atoms with Crippen molar-refractivity contribution in [2.45, 2.75) is 51.6 Å². The topological polar surface area (TPSA) is 64.4 Å². The van der Waals surface area contributed by atoms with Crippen LogP contribution in [0, 0.1) is 0 Å².